The number of amides is 1. The number of carboxylic acids is 1. The van der Waals surface area contributed by atoms with Gasteiger partial charge in [-0.15, -0.1) is 0 Å². The number of carbonyl (C=O) groups excluding carboxylic acids is 1. The standard InChI is InChI=1S/C14H27NO3/c1-5-6-7-8-11(2)15-12(16)9-14(3,4)10-13(17)18/h11H,5-10H2,1-4H3,(H,15,16)(H,17,18). The first kappa shape index (κ1) is 16.9. The Balaban J connectivity index is 3.98. The van der Waals surface area contributed by atoms with E-state index in [4.69, 9.17) is 5.11 Å². The van der Waals surface area contributed by atoms with Crippen molar-refractivity contribution in [3.8, 4) is 0 Å². The summed E-state index contributed by atoms with van der Waals surface area (Å²) in [5.41, 5.74) is -0.487. The second-order valence-electron chi connectivity index (χ2n) is 5.88. The Labute approximate surface area is 110 Å². The second kappa shape index (κ2) is 8.11. The minimum atomic E-state index is -0.858. The van der Waals surface area contributed by atoms with E-state index in [1.165, 1.54) is 12.8 Å². The SMILES string of the molecule is CCCCCC(C)NC(=O)CC(C)(C)CC(=O)O. The van der Waals surface area contributed by atoms with Crippen molar-refractivity contribution < 1.29 is 14.7 Å². The molecular weight excluding hydrogens is 230 g/mol. The summed E-state index contributed by atoms with van der Waals surface area (Å²) in [5, 5.41) is 11.7. The zero-order valence-corrected chi connectivity index (χ0v) is 12.1. The van der Waals surface area contributed by atoms with E-state index in [9.17, 15) is 9.59 Å². The quantitative estimate of drug-likeness (QED) is 0.624. The number of rotatable bonds is 9. The van der Waals surface area contributed by atoms with Crippen LogP contribution in [0.15, 0.2) is 0 Å². The highest BCUT2D eigenvalue weighted by atomic mass is 16.4. The maximum atomic E-state index is 11.8. The lowest BCUT2D eigenvalue weighted by Crippen LogP contribution is -2.35. The van der Waals surface area contributed by atoms with E-state index in [0.717, 1.165) is 12.8 Å². The molecule has 0 rings (SSSR count). The van der Waals surface area contributed by atoms with Gasteiger partial charge in [0, 0.05) is 12.5 Å². The number of hydrogen-bond donors (Lipinski definition) is 2. The maximum Gasteiger partial charge on any atom is 0.303 e. The summed E-state index contributed by atoms with van der Waals surface area (Å²) in [4.78, 5) is 22.4. The highest BCUT2D eigenvalue weighted by Crippen LogP contribution is 2.24. The number of carbonyl (C=O) groups is 2. The molecule has 4 heteroatoms. The van der Waals surface area contributed by atoms with Crippen LogP contribution in [0, 0.1) is 5.41 Å². The van der Waals surface area contributed by atoms with Gasteiger partial charge in [0.25, 0.3) is 0 Å². The number of carboxylic acid groups (broad SMARTS) is 1. The van der Waals surface area contributed by atoms with Gasteiger partial charge in [0.05, 0.1) is 6.42 Å². The monoisotopic (exact) mass is 257 g/mol. The molecule has 0 spiro atoms. The van der Waals surface area contributed by atoms with E-state index in [1.54, 1.807) is 0 Å². The molecule has 0 aromatic heterocycles. The molecule has 1 unspecified atom stereocenters. The fraction of sp³-hybridized carbons (Fsp3) is 0.857. The zero-order chi connectivity index (χ0) is 14.2. The zero-order valence-electron chi connectivity index (χ0n) is 12.1. The lowest BCUT2D eigenvalue weighted by Gasteiger charge is -2.23. The van der Waals surface area contributed by atoms with Crippen molar-refractivity contribution in [1.82, 2.24) is 5.32 Å². The van der Waals surface area contributed by atoms with Crippen LogP contribution in [0.3, 0.4) is 0 Å². The summed E-state index contributed by atoms with van der Waals surface area (Å²) in [7, 11) is 0. The topological polar surface area (TPSA) is 66.4 Å². The second-order valence-corrected chi connectivity index (χ2v) is 5.88. The molecule has 0 saturated carbocycles. The molecule has 0 aliphatic rings. The van der Waals surface area contributed by atoms with Gasteiger partial charge in [-0.05, 0) is 18.8 Å². The Bertz CT molecular complexity index is 274. The molecule has 0 aromatic rings. The molecular formula is C14H27NO3. The molecule has 1 amide bonds. The van der Waals surface area contributed by atoms with E-state index < -0.39 is 11.4 Å². The van der Waals surface area contributed by atoms with E-state index in [0.29, 0.717) is 0 Å². The number of hydrogen-bond acceptors (Lipinski definition) is 2. The van der Waals surface area contributed by atoms with Gasteiger partial charge < -0.3 is 10.4 Å². The smallest absolute Gasteiger partial charge is 0.303 e. The Morgan fingerprint density at radius 2 is 1.83 bits per heavy atom. The Morgan fingerprint density at radius 3 is 2.33 bits per heavy atom. The fourth-order valence-electron chi connectivity index (χ4n) is 2.01. The van der Waals surface area contributed by atoms with Crippen molar-refractivity contribution >= 4 is 11.9 Å². The maximum absolute atomic E-state index is 11.8. The van der Waals surface area contributed by atoms with Crippen LogP contribution in [0.4, 0.5) is 0 Å². The van der Waals surface area contributed by atoms with Crippen LogP contribution in [0.25, 0.3) is 0 Å². The van der Waals surface area contributed by atoms with E-state index in [-0.39, 0.29) is 24.8 Å². The summed E-state index contributed by atoms with van der Waals surface area (Å²) in [6, 6.07) is 0.171. The summed E-state index contributed by atoms with van der Waals surface area (Å²) in [6.07, 6.45) is 4.74. The Hall–Kier alpha value is -1.06. The molecule has 18 heavy (non-hydrogen) atoms. The number of nitrogens with one attached hydrogen (secondary N) is 1. The average Bonchev–Trinajstić information content (AvgIpc) is 2.13. The van der Waals surface area contributed by atoms with E-state index in [1.807, 2.05) is 20.8 Å². The third kappa shape index (κ3) is 9.02. The third-order valence-corrected chi connectivity index (χ3v) is 2.92. The van der Waals surface area contributed by atoms with Crippen molar-refractivity contribution in [1.29, 1.82) is 0 Å². The van der Waals surface area contributed by atoms with Crippen LogP contribution in [0.5, 0.6) is 0 Å². The summed E-state index contributed by atoms with van der Waals surface area (Å²) < 4.78 is 0. The number of unbranched alkanes of at least 4 members (excludes halogenated alkanes) is 2. The minimum absolute atomic E-state index is 0.0185. The van der Waals surface area contributed by atoms with Gasteiger partial charge >= 0.3 is 5.97 Å². The van der Waals surface area contributed by atoms with E-state index in [2.05, 4.69) is 12.2 Å². The minimum Gasteiger partial charge on any atom is -0.481 e. The van der Waals surface area contributed by atoms with Crippen LogP contribution >= 0.6 is 0 Å². The van der Waals surface area contributed by atoms with Crippen molar-refractivity contribution in [2.75, 3.05) is 0 Å². The van der Waals surface area contributed by atoms with Gasteiger partial charge in [-0.25, -0.2) is 0 Å². The lowest BCUT2D eigenvalue weighted by molar-refractivity contribution is -0.139. The van der Waals surface area contributed by atoms with Gasteiger partial charge in [-0.2, -0.15) is 0 Å². The summed E-state index contributed by atoms with van der Waals surface area (Å²) in [6.45, 7) is 7.76. The van der Waals surface area contributed by atoms with Crippen LogP contribution in [0.1, 0.15) is 66.2 Å². The molecule has 0 bridgehead atoms. The normalized spacial score (nSPS) is 13.1. The van der Waals surface area contributed by atoms with Crippen LogP contribution in [-0.2, 0) is 9.59 Å². The molecule has 0 aliphatic heterocycles. The lowest BCUT2D eigenvalue weighted by atomic mass is 9.85. The molecule has 0 saturated heterocycles. The van der Waals surface area contributed by atoms with Gasteiger partial charge in [0.1, 0.15) is 0 Å². The fourth-order valence-corrected chi connectivity index (χ4v) is 2.01. The molecule has 0 heterocycles. The van der Waals surface area contributed by atoms with Crippen LogP contribution in [0.2, 0.25) is 0 Å². The predicted molar refractivity (Wildman–Crippen MR) is 72.4 cm³/mol. The molecule has 0 aliphatic carbocycles. The van der Waals surface area contributed by atoms with Crippen molar-refractivity contribution in [2.24, 2.45) is 5.41 Å². The van der Waals surface area contributed by atoms with Crippen molar-refractivity contribution in [3.05, 3.63) is 0 Å². The predicted octanol–water partition coefficient (Wildman–Crippen LogP) is 2.96. The van der Waals surface area contributed by atoms with Crippen molar-refractivity contribution in [2.45, 2.75) is 72.3 Å². The van der Waals surface area contributed by atoms with Gasteiger partial charge in [0.2, 0.25) is 5.91 Å². The highest BCUT2D eigenvalue weighted by Gasteiger charge is 2.25. The number of aliphatic carboxylic acids is 1. The molecule has 106 valence electrons. The Kier molecular flexibility index (Phi) is 7.64. The first-order chi connectivity index (χ1) is 8.26. The summed E-state index contributed by atoms with van der Waals surface area (Å²) >= 11 is 0. The molecule has 2 N–H and O–H groups in total. The van der Waals surface area contributed by atoms with Gasteiger partial charge in [-0.3, -0.25) is 9.59 Å². The average molecular weight is 257 g/mol. The molecule has 0 radical (unpaired) electrons. The van der Waals surface area contributed by atoms with Crippen molar-refractivity contribution in [3.63, 3.8) is 0 Å². The first-order valence-electron chi connectivity index (χ1n) is 6.78. The van der Waals surface area contributed by atoms with E-state index >= 15 is 0 Å². The van der Waals surface area contributed by atoms with Crippen LogP contribution in [-0.4, -0.2) is 23.0 Å². The molecule has 4 nitrogen and oxygen atoms in total. The molecule has 0 fully saturated rings. The molecule has 1 atom stereocenters. The largest absolute Gasteiger partial charge is 0.481 e. The van der Waals surface area contributed by atoms with Gasteiger partial charge in [0.15, 0.2) is 0 Å². The molecule has 0 aromatic carbocycles. The van der Waals surface area contributed by atoms with Gasteiger partial charge in [-0.1, -0.05) is 40.0 Å². The third-order valence-electron chi connectivity index (χ3n) is 2.92. The highest BCUT2D eigenvalue weighted by molar-refractivity contribution is 5.78. The first-order valence-corrected chi connectivity index (χ1v) is 6.78. The Morgan fingerprint density at radius 1 is 1.22 bits per heavy atom. The summed E-state index contributed by atoms with van der Waals surface area (Å²) in [5.74, 6) is -0.908. The van der Waals surface area contributed by atoms with Crippen LogP contribution < -0.4 is 5.32 Å².